The number of alkyl halides is 3. The lowest BCUT2D eigenvalue weighted by Crippen LogP contribution is -2.11. The van der Waals surface area contributed by atoms with Gasteiger partial charge >= 0.3 is 12.1 Å². The predicted octanol–water partition coefficient (Wildman–Crippen LogP) is 2.99. The molecule has 1 aromatic carbocycles. The maximum absolute atomic E-state index is 12.6. The van der Waals surface area contributed by atoms with Gasteiger partial charge in [-0.3, -0.25) is 4.79 Å². The van der Waals surface area contributed by atoms with E-state index in [1.165, 1.54) is 20.1 Å². The smallest absolute Gasteiger partial charge is 0.416 e. The lowest BCUT2D eigenvalue weighted by atomic mass is 10.1. The third-order valence-electron chi connectivity index (χ3n) is 2.43. The zero-order valence-corrected chi connectivity index (χ0v) is 10.1. The molecular formula is C12H14F3NO2. The summed E-state index contributed by atoms with van der Waals surface area (Å²) in [6.45, 7) is 1.63. The van der Waals surface area contributed by atoms with E-state index in [4.69, 9.17) is 0 Å². The first kappa shape index (κ1) is 14.3. The normalized spacial score (nSPS) is 11.2. The third-order valence-corrected chi connectivity index (χ3v) is 2.43. The summed E-state index contributed by atoms with van der Waals surface area (Å²) >= 11 is 0. The van der Waals surface area contributed by atoms with Crippen LogP contribution in [0.25, 0.3) is 0 Å². The van der Waals surface area contributed by atoms with Crippen molar-refractivity contribution in [1.29, 1.82) is 0 Å². The fourth-order valence-electron chi connectivity index (χ4n) is 1.45. The monoisotopic (exact) mass is 261 g/mol. The molecule has 0 amide bonds. The Kier molecular flexibility index (Phi) is 4.58. The Labute approximate surface area is 103 Å². The van der Waals surface area contributed by atoms with E-state index in [9.17, 15) is 18.0 Å². The summed E-state index contributed by atoms with van der Waals surface area (Å²) in [5.74, 6) is -0.411. The molecule has 0 fully saturated rings. The van der Waals surface area contributed by atoms with E-state index in [-0.39, 0.29) is 18.5 Å². The summed E-state index contributed by atoms with van der Waals surface area (Å²) in [6.07, 6.45) is -4.27. The van der Waals surface area contributed by atoms with Gasteiger partial charge in [0.05, 0.1) is 19.1 Å². The summed E-state index contributed by atoms with van der Waals surface area (Å²) in [4.78, 5) is 10.8. The van der Waals surface area contributed by atoms with Crippen LogP contribution in [0.15, 0.2) is 18.2 Å². The second-order valence-corrected chi connectivity index (χ2v) is 3.78. The van der Waals surface area contributed by atoms with Gasteiger partial charge in [0.2, 0.25) is 0 Å². The minimum Gasteiger partial charge on any atom is -0.469 e. The van der Waals surface area contributed by atoms with Gasteiger partial charge in [-0.1, -0.05) is 6.07 Å². The maximum Gasteiger partial charge on any atom is 0.416 e. The topological polar surface area (TPSA) is 38.3 Å². The number of benzene rings is 1. The van der Waals surface area contributed by atoms with Crippen molar-refractivity contribution in [3.05, 3.63) is 29.3 Å². The van der Waals surface area contributed by atoms with E-state index < -0.39 is 17.7 Å². The molecule has 0 saturated carbocycles. The molecule has 0 aliphatic heterocycles. The molecule has 6 heteroatoms. The van der Waals surface area contributed by atoms with Crippen molar-refractivity contribution in [3.8, 4) is 0 Å². The van der Waals surface area contributed by atoms with E-state index >= 15 is 0 Å². The van der Waals surface area contributed by atoms with E-state index in [0.29, 0.717) is 5.69 Å². The molecule has 0 heterocycles. The first-order valence-electron chi connectivity index (χ1n) is 5.33. The van der Waals surface area contributed by atoms with Crippen LogP contribution in [-0.4, -0.2) is 19.6 Å². The van der Waals surface area contributed by atoms with Crippen LogP contribution in [0.4, 0.5) is 18.9 Å². The van der Waals surface area contributed by atoms with Gasteiger partial charge in [-0.05, 0) is 24.6 Å². The molecule has 0 spiro atoms. The van der Waals surface area contributed by atoms with Crippen LogP contribution in [0, 0.1) is 6.92 Å². The summed E-state index contributed by atoms with van der Waals surface area (Å²) in [6, 6.07) is 3.97. The number of carbonyl (C=O) groups is 1. The minimum absolute atomic E-state index is 0.103. The second-order valence-electron chi connectivity index (χ2n) is 3.78. The summed E-state index contributed by atoms with van der Waals surface area (Å²) in [7, 11) is 1.26. The Bertz CT molecular complexity index is 430. The van der Waals surface area contributed by atoms with Crippen LogP contribution in [0.5, 0.6) is 0 Å². The molecule has 0 bridgehead atoms. The fraction of sp³-hybridized carbons (Fsp3) is 0.417. The minimum atomic E-state index is -4.37. The summed E-state index contributed by atoms with van der Waals surface area (Å²) < 4.78 is 42.3. The number of esters is 1. The highest BCUT2D eigenvalue weighted by Gasteiger charge is 2.32. The van der Waals surface area contributed by atoms with E-state index in [2.05, 4.69) is 10.1 Å². The number of anilines is 1. The number of halogens is 3. The van der Waals surface area contributed by atoms with Crippen molar-refractivity contribution in [2.45, 2.75) is 19.5 Å². The molecule has 0 saturated heterocycles. The Hall–Kier alpha value is -1.72. The first-order chi connectivity index (χ1) is 8.34. The van der Waals surface area contributed by atoms with Gasteiger partial charge in [0.15, 0.2) is 0 Å². The van der Waals surface area contributed by atoms with Crippen molar-refractivity contribution in [1.82, 2.24) is 0 Å². The van der Waals surface area contributed by atoms with E-state index in [1.54, 1.807) is 6.07 Å². The van der Waals surface area contributed by atoms with Gasteiger partial charge < -0.3 is 10.1 Å². The molecule has 100 valence electrons. The lowest BCUT2D eigenvalue weighted by Gasteiger charge is -2.13. The maximum atomic E-state index is 12.6. The zero-order valence-electron chi connectivity index (χ0n) is 10.1. The largest absolute Gasteiger partial charge is 0.469 e. The Morgan fingerprint density at radius 2 is 2.06 bits per heavy atom. The molecule has 0 aromatic heterocycles. The molecule has 0 unspecified atom stereocenters. The van der Waals surface area contributed by atoms with Crippen LogP contribution in [0.2, 0.25) is 0 Å². The van der Waals surface area contributed by atoms with E-state index in [0.717, 1.165) is 6.07 Å². The Morgan fingerprint density at radius 1 is 1.39 bits per heavy atom. The number of aryl methyl sites for hydroxylation is 1. The average molecular weight is 261 g/mol. The number of nitrogens with one attached hydrogen (secondary N) is 1. The number of ether oxygens (including phenoxy) is 1. The Morgan fingerprint density at radius 3 is 2.61 bits per heavy atom. The Balaban J connectivity index is 2.71. The highest BCUT2D eigenvalue weighted by atomic mass is 19.4. The van der Waals surface area contributed by atoms with Crippen molar-refractivity contribution in [2.75, 3.05) is 19.0 Å². The van der Waals surface area contributed by atoms with Crippen molar-refractivity contribution in [3.63, 3.8) is 0 Å². The lowest BCUT2D eigenvalue weighted by molar-refractivity contribution is -0.140. The highest BCUT2D eigenvalue weighted by molar-refractivity contribution is 5.69. The molecule has 18 heavy (non-hydrogen) atoms. The van der Waals surface area contributed by atoms with Crippen LogP contribution < -0.4 is 5.32 Å². The van der Waals surface area contributed by atoms with Crippen LogP contribution >= 0.6 is 0 Å². The van der Waals surface area contributed by atoms with Gasteiger partial charge in [0, 0.05) is 12.2 Å². The van der Waals surface area contributed by atoms with Gasteiger partial charge in [-0.2, -0.15) is 13.2 Å². The molecule has 0 radical (unpaired) electrons. The van der Waals surface area contributed by atoms with Crippen molar-refractivity contribution < 1.29 is 22.7 Å². The SMILES string of the molecule is COC(=O)CCNc1ccc(C)c(C(F)(F)F)c1. The van der Waals surface area contributed by atoms with Crippen LogP contribution in [0.1, 0.15) is 17.5 Å². The summed E-state index contributed by atoms with van der Waals surface area (Å²) in [5.41, 5.74) is -0.177. The molecular weight excluding hydrogens is 247 g/mol. The van der Waals surface area contributed by atoms with Gasteiger partial charge in [-0.25, -0.2) is 0 Å². The molecule has 0 atom stereocenters. The number of hydrogen-bond acceptors (Lipinski definition) is 3. The van der Waals surface area contributed by atoms with E-state index in [1.807, 2.05) is 0 Å². The second kappa shape index (κ2) is 5.75. The molecule has 0 aliphatic rings. The summed E-state index contributed by atoms with van der Waals surface area (Å²) in [5, 5.41) is 2.75. The third kappa shape index (κ3) is 3.94. The number of carbonyl (C=O) groups excluding carboxylic acids is 1. The quantitative estimate of drug-likeness (QED) is 0.847. The highest BCUT2D eigenvalue weighted by Crippen LogP contribution is 2.33. The van der Waals surface area contributed by atoms with Crippen LogP contribution in [0.3, 0.4) is 0 Å². The van der Waals surface area contributed by atoms with Gasteiger partial charge in [0.25, 0.3) is 0 Å². The standard InChI is InChI=1S/C12H14F3NO2/c1-8-3-4-9(7-10(8)12(13,14)15)16-6-5-11(17)18-2/h3-4,7,16H,5-6H2,1-2H3. The first-order valence-corrected chi connectivity index (χ1v) is 5.33. The number of hydrogen-bond donors (Lipinski definition) is 1. The number of rotatable bonds is 4. The van der Waals surface area contributed by atoms with Crippen molar-refractivity contribution in [2.24, 2.45) is 0 Å². The van der Waals surface area contributed by atoms with Crippen LogP contribution in [-0.2, 0) is 15.7 Å². The number of methoxy groups -OCH3 is 1. The predicted molar refractivity (Wildman–Crippen MR) is 61.3 cm³/mol. The fourth-order valence-corrected chi connectivity index (χ4v) is 1.45. The molecule has 3 nitrogen and oxygen atoms in total. The van der Waals surface area contributed by atoms with Gasteiger partial charge in [-0.15, -0.1) is 0 Å². The average Bonchev–Trinajstić information content (AvgIpc) is 2.29. The molecule has 0 aliphatic carbocycles. The van der Waals surface area contributed by atoms with Crippen molar-refractivity contribution >= 4 is 11.7 Å². The van der Waals surface area contributed by atoms with Gasteiger partial charge in [0.1, 0.15) is 0 Å². The molecule has 1 rings (SSSR count). The molecule has 1 aromatic rings. The zero-order chi connectivity index (χ0) is 13.8. The molecule has 1 N–H and O–H groups in total.